The fraction of sp³-hybridized carbons (Fsp3) is 0.571. The first-order valence-corrected chi connectivity index (χ1v) is 7.00. The molecule has 0 spiro atoms. The van der Waals surface area contributed by atoms with Crippen molar-refractivity contribution in [3.8, 4) is 5.75 Å². The molecule has 0 unspecified atom stereocenters. The molecule has 0 aromatic carbocycles. The van der Waals surface area contributed by atoms with Crippen LogP contribution in [0.2, 0.25) is 0 Å². The zero-order valence-corrected chi connectivity index (χ0v) is 13.6. The molecule has 136 valence electrons. The molecule has 10 nitrogen and oxygen atoms in total. The number of hydrogen-bond acceptors (Lipinski definition) is 8. The molecule has 1 heterocycles. The molecule has 0 saturated heterocycles. The smallest absolute Gasteiger partial charge is 0.356 e. The van der Waals surface area contributed by atoms with Gasteiger partial charge < -0.3 is 33.6 Å². The maximum absolute atomic E-state index is 12.2. The van der Waals surface area contributed by atoms with Crippen molar-refractivity contribution in [1.29, 1.82) is 0 Å². The molecule has 0 amide bonds. The molecule has 1 N–H and O–H groups in total. The van der Waals surface area contributed by atoms with Gasteiger partial charge in [0.1, 0.15) is 0 Å². The first-order valence-electron chi connectivity index (χ1n) is 7.00. The average molecular weight is 347 g/mol. The molecule has 0 aliphatic carbocycles. The topological polar surface area (TPSA) is 115 Å². The van der Waals surface area contributed by atoms with Gasteiger partial charge in [-0.3, -0.25) is 4.79 Å². The Balaban J connectivity index is 2.72. The maximum Gasteiger partial charge on any atom is 0.356 e. The van der Waals surface area contributed by atoms with Crippen molar-refractivity contribution in [2.45, 2.75) is 0 Å². The molecular weight excluding hydrogens is 326 g/mol. The summed E-state index contributed by atoms with van der Waals surface area (Å²) in [5.74, 6) is -1.44. The number of pyridine rings is 1. The van der Waals surface area contributed by atoms with Crippen LogP contribution in [0.25, 0.3) is 0 Å². The lowest BCUT2D eigenvalue weighted by Crippen LogP contribution is -2.34. The van der Waals surface area contributed by atoms with Crippen molar-refractivity contribution in [2.24, 2.45) is 0 Å². The standard InChI is InChI=1S/C14H21NO9/c1-19-5-7-21-9-23-12-4-3-11(14(17)18)15(13(12)16)24-10-22-8-6-20-2/h3-4H,5-10H2,1-2H3,(H,17,18). The molecule has 0 aliphatic rings. The summed E-state index contributed by atoms with van der Waals surface area (Å²) in [6.07, 6.45) is 0. The van der Waals surface area contributed by atoms with Gasteiger partial charge in [-0.05, 0) is 12.1 Å². The molecule has 0 saturated carbocycles. The number of ether oxygens (including phenoxy) is 5. The molecule has 0 fully saturated rings. The third-order valence-corrected chi connectivity index (χ3v) is 2.65. The Morgan fingerprint density at radius 1 is 1.04 bits per heavy atom. The van der Waals surface area contributed by atoms with Crippen LogP contribution in [0.4, 0.5) is 0 Å². The molecule has 1 aromatic rings. The predicted octanol–water partition coefficient (Wildman–Crippen LogP) is -0.405. The maximum atomic E-state index is 12.2. The third-order valence-electron chi connectivity index (χ3n) is 2.65. The molecule has 0 atom stereocenters. The van der Waals surface area contributed by atoms with E-state index in [1.54, 1.807) is 0 Å². The summed E-state index contributed by atoms with van der Waals surface area (Å²) < 4.78 is 25.5. The number of nitrogens with zero attached hydrogens (tertiary/aromatic N) is 1. The van der Waals surface area contributed by atoms with Crippen molar-refractivity contribution in [3.63, 3.8) is 0 Å². The molecular formula is C14H21NO9. The molecule has 1 rings (SSSR count). The minimum Gasteiger partial charge on any atom is -0.476 e. The highest BCUT2D eigenvalue weighted by atomic mass is 16.8. The Morgan fingerprint density at radius 3 is 2.25 bits per heavy atom. The molecule has 0 aliphatic heterocycles. The van der Waals surface area contributed by atoms with E-state index in [0.29, 0.717) is 24.6 Å². The van der Waals surface area contributed by atoms with Crippen LogP contribution in [0.5, 0.6) is 5.75 Å². The van der Waals surface area contributed by atoms with Crippen LogP contribution < -0.4 is 15.1 Å². The SMILES string of the molecule is COCCOCOc1ccc(C(=O)O)n(OCOCCOC)c1=O. The quantitative estimate of drug-likeness (QED) is 0.376. The van der Waals surface area contributed by atoms with Crippen molar-refractivity contribution < 1.29 is 38.4 Å². The van der Waals surface area contributed by atoms with E-state index in [9.17, 15) is 9.59 Å². The Labute approximate surface area is 138 Å². The highest BCUT2D eigenvalue weighted by Crippen LogP contribution is 2.06. The summed E-state index contributed by atoms with van der Waals surface area (Å²) in [6.45, 7) is 0.741. The van der Waals surface area contributed by atoms with Gasteiger partial charge in [0, 0.05) is 14.2 Å². The normalized spacial score (nSPS) is 10.6. The summed E-state index contributed by atoms with van der Waals surface area (Å²) in [5, 5.41) is 9.11. The fourth-order valence-electron chi connectivity index (χ4n) is 1.50. The first kappa shape index (κ1) is 19.9. The zero-order chi connectivity index (χ0) is 17.8. The lowest BCUT2D eigenvalue weighted by Gasteiger charge is -2.13. The highest BCUT2D eigenvalue weighted by Gasteiger charge is 2.16. The Morgan fingerprint density at radius 2 is 1.67 bits per heavy atom. The second-order valence-electron chi connectivity index (χ2n) is 4.30. The van der Waals surface area contributed by atoms with E-state index in [1.165, 1.54) is 26.4 Å². The van der Waals surface area contributed by atoms with E-state index in [-0.39, 0.29) is 31.6 Å². The summed E-state index contributed by atoms with van der Waals surface area (Å²) in [6, 6.07) is 2.42. The Bertz CT molecular complexity index is 558. The monoisotopic (exact) mass is 347 g/mol. The predicted molar refractivity (Wildman–Crippen MR) is 80.3 cm³/mol. The number of hydrogen-bond donors (Lipinski definition) is 1. The summed E-state index contributed by atoms with van der Waals surface area (Å²) >= 11 is 0. The second kappa shape index (κ2) is 11.4. The van der Waals surface area contributed by atoms with Crippen molar-refractivity contribution in [3.05, 3.63) is 28.2 Å². The van der Waals surface area contributed by atoms with Crippen molar-refractivity contribution >= 4 is 5.97 Å². The van der Waals surface area contributed by atoms with E-state index >= 15 is 0 Å². The van der Waals surface area contributed by atoms with Gasteiger partial charge in [-0.1, -0.05) is 0 Å². The van der Waals surface area contributed by atoms with Gasteiger partial charge in [0.25, 0.3) is 0 Å². The minimum atomic E-state index is -1.33. The second-order valence-corrected chi connectivity index (χ2v) is 4.30. The van der Waals surface area contributed by atoms with Gasteiger partial charge in [0.05, 0.1) is 26.4 Å². The van der Waals surface area contributed by atoms with Crippen LogP contribution in [0, 0.1) is 0 Å². The molecule has 1 aromatic heterocycles. The number of methoxy groups -OCH3 is 2. The van der Waals surface area contributed by atoms with Crippen LogP contribution in [-0.4, -0.2) is 70.0 Å². The van der Waals surface area contributed by atoms with E-state index < -0.39 is 11.5 Å². The third kappa shape index (κ3) is 6.54. The fourth-order valence-corrected chi connectivity index (χ4v) is 1.50. The molecule has 0 radical (unpaired) electrons. The van der Waals surface area contributed by atoms with E-state index in [2.05, 4.69) is 0 Å². The van der Waals surface area contributed by atoms with Gasteiger partial charge in [-0.25, -0.2) is 4.79 Å². The Kier molecular flexibility index (Phi) is 9.46. The largest absolute Gasteiger partial charge is 0.476 e. The zero-order valence-electron chi connectivity index (χ0n) is 13.6. The van der Waals surface area contributed by atoms with Gasteiger partial charge in [0.2, 0.25) is 6.79 Å². The van der Waals surface area contributed by atoms with Gasteiger partial charge in [-0.15, -0.1) is 4.73 Å². The summed E-state index contributed by atoms with van der Waals surface area (Å²) in [5.41, 5.74) is -1.14. The minimum absolute atomic E-state index is 0.116. The van der Waals surface area contributed by atoms with Crippen LogP contribution in [-0.2, 0) is 18.9 Å². The lowest BCUT2D eigenvalue weighted by atomic mass is 10.3. The average Bonchev–Trinajstić information content (AvgIpc) is 2.56. The molecule has 10 heteroatoms. The number of aromatic carboxylic acids is 1. The lowest BCUT2D eigenvalue weighted by molar-refractivity contribution is -0.0764. The van der Waals surface area contributed by atoms with Crippen LogP contribution in [0.15, 0.2) is 16.9 Å². The van der Waals surface area contributed by atoms with Crippen LogP contribution in [0.3, 0.4) is 0 Å². The number of carboxylic acids is 1. The first-order chi connectivity index (χ1) is 11.6. The summed E-state index contributed by atoms with van der Waals surface area (Å²) in [7, 11) is 3.03. The van der Waals surface area contributed by atoms with Gasteiger partial charge in [-0.2, -0.15) is 0 Å². The van der Waals surface area contributed by atoms with Gasteiger partial charge in [0.15, 0.2) is 18.2 Å². The number of carboxylic acid groups (broad SMARTS) is 1. The van der Waals surface area contributed by atoms with Crippen molar-refractivity contribution in [1.82, 2.24) is 4.73 Å². The van der Waals surface area contributed by atoms with Crippen LogP contribution in [0.1, 0.15) is 10.5 Å². The number of rotatable bonds is 13. The molecule has 24 heavy (non-hydrogen) atoms. The molecule has 0 bridgehead atoms. The van der Waals surface area contributed by atoms with E-state index in [4.69, 9.17) is 33.6 Å². The van der Waals surface area contributed by atoms with Crippen LogP contribution >= 0.6 is 0 Å². The Hall–Kier alpha value is -2.14. The van der Waals surface area contributed by atoms with E-state index in [1.807, 2.05) is 0 Å². The number of carbonyl (C=O) groups is 1. The number of aromatic nitrogens is 1. The van der Waals surface area contributed by atoms with Crippen molar-refractivity contribution in [2.75, 3.05) is 54.2 Å². The highest BCUT2D eigenvalue weighted by molar-refractivity contribution is 5.85. The van der Waals surface area contributed by atoms with E-state index in [0.717, 1.165) is 0 Å². The van der Waals surface area contributed by atoms with Gasteiger partial charge >= 0.3 is 11.5 Å². The summed E-state index contributed by atoms with van der Waals surface area (Å²) in [4.78, 5) is 28.5.